The normalized spacial score (nSPS) is 24.6. The van der Waals surface area contributed by atoms with Crippen molar-refractivity contribution in [1.29, 1.82) is 0 Å². The quantitative estimate of drug-likeness (QED) is 0.565. The first kappa shape index (κ1) is 21.2. The number of carbonyl (C=O) groups is 3. The lowest BCUT2D eigenvalue weighted by molar-refractivity contribution is -0.143. The van der Waals surface area contributed by atoms with Crippen LogP contribution in [0.25, 0.3) is 11.1 Å². The molecular formula is C26H26N2O5. The molecule has 0 saturated heterocycles. The number of carboxylic acid groups (broad SMARTS) is 1. The summed E-state index contributed by atoms with van der Waals surface area (Å²) in [7, 11) is 0. The number of ether oxygens (including phenoxy) is 1. The molecule has 0 radical (unpaired) electrons. The Kier molecular flexibility index (Phi) is 5.40. The van der Waals surface area contributed by atoms with Crippen LogP contribution in [0.1, 0.15) is 36.3 Å². The van der Waals surface area contributed by atoms with E-state index in [-0.39, 0.29) is 36.9 Å². The average Bonchev–Trinajstić information content (AvgIpc) is 3.24. The number of aliphatic carboxylic acids is 1. The van der Waals surface area contributed by atoms with Gasteiger partial charge in [0.2, 0.25) is 5.91 Å². The van der Waals surface area contributed by atoms with Crippen molar-refractivity contribution in [2.45, 2.75) is 31.2 Å². The maximum Gasteiger partial charge on any atom is 0.407 e. The summed E-state index contributed by atoms with van der Waals surface area (Å²) in [6, 6.07) is 16.2. The highest BCUT2D eigenvalue weighted by Crippen LogP contribution is 2.63. The van der Waals surface area contributed by atoms with Crippen LogP contribution in [0.5, 0.6) is 0 Å². The Balaban J connectivity index is 1.07. The predicted molar refractivity (Wildman–Crippen MR) is 122 cm³/mol. The fourth-order valence-corrected chi connectivity index (χ4v) is 5.47. The minimum Gasteiger partial charge on any atom is -0.481 e. The minimum atomic E-state index is -0.757. The van der Waals surface area contributed by atoms with E-state index in [0.717, 1.165) is 11.1 Å². The van der Waals surface area contributed by atoms with Gasteiger partial charge in [-0.15, -0.1) is 0 Å². The topological polar surface area (TPSA) is 105 Å². The van der Waals surface area contributed by atoms with Crippen molar-refractivity contribution in [2.75, 3.05) is 13.2 Å². The Hall–Kier alpha value is -3.61. The van der Waals surface area contributed by atoms with E-state index in [9.17, 15) is 19.5 Å². The van der Waals surface area contributed by atoms with Crippen molar-refractivity contribution in [2.24, 2.45) is 11.3 Å². The third-order valence-electron chi connectivity index (χ3n) is 7.16. The molecule has 2 fully saturated rings. The Bertz CT molecular complexity index is 1100. The summed E-state index contributed by atoms with van der Waals surface area (Å²) in [5.74, 6) is -0.862. The molecule has 0 unspecified atom stereocenters. The molecule has 33 heavy (non-hydrogen) atoms. The fraction of sp³-hybridized carbons (Fsp3) is 0.346. The number of hydrogen-bond acceptors (Lipinski definition) is 4. The maximum atomic E-state index is 12.2. The molecule has 7 nitrogen and oxygen atoms in total. The zero-order valence-corrected chi connectivity index (χ0v) is 18.1. The zero-order valence-electron chi connectivity index (χ0n) is 18.1. The first-order chi connectivity index (χ1) is 16.0. The van der Waals surface area contributed by atoms with Gasteiger partial charge in [-0.3, -0.25) is 9.59 Å². The number of amides is 2. The van der Waals surface area contributed by atoms with Crippen LogP contribution in [0.15, 0.2) is 60.7 Å². The SMILES string of the molecule is O=C(/C=C/CNC(=O)OCC1c2ccccc2-c2ccccc21)N[C@H]1C[C@@H]2C[C@]2(C(=O)O)C1. The summed E-state index contributed by atoms with van der Waals surface area (Å²) in [6.45, 7) is 0.398. The van der Waals surface area contributed by atoms with E-state index < -0.39 is 17.5 Å². The van der Waals surface area contributed by atoms with E-state index in [2.05, 4.69) is 34.9 Å². The van der Waals surface area contributed by atoms with Gasteiger partial charge in [-0.2, -0.15) is 0 Å². The standard InChI is InChI=1S/C26H26N2O5/c29-23(28-17-12-16-13-26(16,14-17)24(30)31)10-5-11-27-25(32)33-15-22-20-8-3-1-6-18(20)19-7-2-4-9-21(19)22/h1-10,16-17,22H,11-15H2,(H,27,32)(H,28,29)(H,30,31)/b10-5+/t16-,17+,26+/m1/s1. The van der Waals surface area contributed by atoms with Crippen LogP contribution in [0.2, 0.25) is 0 Å². The molecule has 7 heteroatoms. The Morgan fingerprint density at radius 1 is 1.03 bits per heavy atom. The highest BCUT2D eigenvalue weighted by Gasteiger charge is 2.65. The van der Waals surface area contributed by atoms with Crippen LogP contribution in [0, 0.1) is 11.3 Å². The van der Waals surface area contributed by atoms with Crippen LogP contribution < -0.4 is 10.6 Å². The smallest absolute Gasteiger partial charge is 0.407 e. The van der Waals surface area contributed by atoms with Crippen LogP contribution >= 0.6 is 0 Å². The Morgan fingerprint density at radius 3 is 2.33 bits per heavy atom. The number of hydrogen-bond donors (Lipinski definition) is 3. The van der Waals surface area contributed by atoms with Gasteiger partial charge >= 0.3 is 12.1 Å². The molecule has 0 bridgehead atoms. The van der Waals surface area contributed by atoms with Crippen molar-refractivity contribution in [3.05, 3.63) is 71.8 Å². The number of carbonyl (C=O) groups excluding carboxylic acids is 2. The lowest BCUT2D eigenvalue weighted by atomic mass is 9.98. The lowest BCUT2D eigenvalue weighted by Crippen LogP contribution is -2.34. The molecule has 0 aromatic heterocycles. The van der Waals surface area contributed by atoms with Crippen LogP contribution in [0.3, 0.4) is 0 Å². The molecule has 3 N–H and O–H groups in total. The van der Waals surface area contributed by atoms with Gasteiger partial charge in [0.25, 0.3) is 0 Å². The molecular weight excluding hydrogens is 420 g/mol. The second kappa shape index (κ2) is 8.39. The molecule has 0 heterocycles. The third kappa shape index (κ3) is 3.99. The van der Waals surface area contributed by atoms with Crippen molar-refractivity contribution in [3.8, 4) is 11.1 Å². The molecule has 3 atom stereocenters. The van der Waals surface area contributed by atoms with Crippen molar-refractivity contribution >= 4 is 18.0 Å². The van der Waals surface area contributed by atoms with Gasteiger partial charge in [-0.25, -0.2) is 4.79 Å². The van der Waals surface area contributed by atoms with Crippen molar-refractivity contribution < 1.29 is 24.2 Å². The number of nitrogens with one attached hydrogen (secondary N) is 2. The van der Waals surface area contributed by atoms with E-state index >= 15 is 0 Å². The van der Waals surface area contributed by atoms with Gasteiger partial charge in [-0.05, 0) is 47.4 Å². The summed E-state index contributed by atoms with van der Waals surface area (Å²) < 4.78 is 5.46. The molecule has 3 aliphatic rings. The fourth-order valence-electron chi connectivity index (χ4n) is 5.47. The summed E-state index contributed by atoms with van der Waals surface area (Å²) in [6.07, 6.45) is 4.30. The second-order valence-corrected chi connectivity index (χ2v) is 9.12. The van der Waals surface area contributed by atoms with Crippen molar-refractivity contribution in [3.63, 3.8) is 0 Å². The van der Waals surface area contributed by atoms with Crippen molar-refractivity contribution in [1.82, 2.24) is 10.6 Å². The molecule has 0 aliphatic heterocycles. The number of alkyl carbamates (subject to hydrolysis) is 1. The largest absolute Gasteiger partial charge is 0.481 e. The summed E-state index contributed by atoms with van der Waals surface area (Å²) in [5, 5.41) is 14.8. The Morgan fingerprint density at radius 2 is 1.70 bits per heavy atom. The minimum absolute atomic E-state index is 0.00353. The van der Waals surface area contributed by atoms with E-state index in [4.69, 9.17) is 4.74 Å². The highest BCUT2D eigenvalue weighted by atomic mass is 16.5. The molecule has 2 aromatic carbocycles. The van der Waals surface area contributed by atoms with E-state index in [1.165, 1.54) is 17.2 Å². The van der Waals surface area contributed by atoms with Crippen LogP contribution in [-0.4, -0.2) is 42.3 Å². The summed E-state index contributed by atoms with van der Waals surface area (Å²) >= 11 is 0. The van der Waals surface area contributed by atoms with Gasteiger partial charge in [0.15, 0.2) is 0 Å². The molecule has 2 saturated carbocycles. The van der Waals surface area contributed by atoms with Gasteiger partial charge in [0, 0.05) is 24.6 Å². The Labute approximate surface area is 191 Å². The number of rotatable bonds is 7. The first-order valence-electron chi connectivity index (χ1n) is 11.3. The molecule has 3 aliphatic carbocycles. The molecule has 5 rings (SSSR count). The van der Waals surface area contributed by atoms with E-state index in [0.29, 0.717) is 19.3 Å². The second-order valence-electron chi connectivity index (χ2n) is 9.12. The zero-order chi connectivity index (χ0) is 23.0. The average molecular weight is 447 g/mol. The van der Waals surface area contributed by atoms with E-state index in [1.54, 1.807) is 6.08 Å². The number of benzene rings is 2. The number of carboxylic acids is 1. The first-order valence-corrected chi connectivity index (χ1v) is 11.3. The maximum absolute atomic E-state index is 12.2. The van der Waals surface area contributed by atoms with Gasteiger partial charge in [0.05, 0.1) is 5.41 Å². The summed E-state index contributed by atoms with van der Waals surface area (Å²) in [5.41, 5.74) is 4.03. The highest BCUT2D eigenvalue weighted by molar-refractivity contribution is 5.88. The van der Waals surface area contributed by atoms with E-state index in [1.807, 2.05) is 24.3 Å². The third-order valence-corrected chi connectivity index (χ3v) is 7.16. The lowest BCUT2D eigenvalue weighted by Gasteiger charge is -2.15. The predicted octanol–water partition coefficient (Wildman–Crippen LogP) is 3.45. The van der Waals surface area contributed by atoms with Crippen LogP contribution in [-0.2, 0) is 14.3 Å². The van der Waals surface area contributed by atoms with Crippen LogP contribution in [0.4, 0.5) is 4.79 Å². The van der Waals surface area contributed by atoms with Gasteiger partial charge in [-0.1, -0.05) is 54.6 Å². The molecule has 2 amide bonds. The molecule has 0 spiro atoms. The van der Waals surface area contributed by atoms with Gasteiger partial charge < -0.3 is 20.5 Å². The summed E-state index contributed by atoms with van der Waals surface area (Å²) in [4.78, 5) is 35.6. The molecule has 170 valence electrons. The number of fused-ring (bicyclic) bond motifs is 4. The monoisotopic (exact) mass is 446 g/mol. The van der Waals surface area contributed by atoms with Gasteiger partial charge in [0.1, 0.15) is 6.61 Å². The molecule has 2 aromatic rings.